The predicted octanol–water partition coefficient (Wildman–Crippen LogP) is 5.02. The summed E-state index contributed by atoms with van der Waals surface area (Å²) in [6.07, 6.45) is 1.28. The van der Waals surface area contributed by atoms with E-state index in [2.05, 4.69) is 20.7 Å². The molecule has 3 aromatic carbocycles. The maximum absolute atomic E-state index is 14.8. The molecule has 5 aromatic rings. The molecular formula is C27H22F3N5O3. The Balaban J connectivity index is 1.36. The Labute approximate surface area is 215 Å². The van der Waals surface area contributed by atoms with Gasteiger partial charge in [-0.2, -0.15) is 0 Å². The van der Waals surface area contributed by atoms with E-state index in [0.717, 1.165) is 17.2 Å². The number of benzene rings is 3. The maximum Gasteiger partial charge on any atom is 0.143 e. The van der Waals surface area contributed by atoms with Crippen molar-refractivity contribution >= 4 is 0 Å². The molecule has 0 aliphatic rings. The number of aromatic nitrogens is 5. The number of halogens is 3. The molecular weight excluding hydrogens is 499 g/mol. The average molecular weight is 521 g/mol. The lowest BCUT2D eigenvalue weighted by atomic mass is 9.80. The highest BCUT2D eigenvalue weighted by Crippen LogP contribution is 2.40. The van der Waals surface area contributed by atoms with Gasteiger partial charge in [-0.3, -0.25) is 0 Å². The van der Waals surface area contributed by atoms with E-state index < -0.39 is 23.2 Å². The van der Waals surface area contributed by atoms with Crippen LogP contribution in [0.1, 0.15) is 29.7 Å². The first kappa shape index (κ1) is 25.2. The van der Waals surface area contributed by atoms with Gasteiger partial charge in [0.15, 0.2) is 0 Å². The number of hydrogen-bond acceptors (Lipinski definition) is 7. The van der Waals surface area contributed by atoms with Crippen molar-refractivity contribution in [2.24, 2.45) is 0 Å². The fraction of sp³-hybridized carbons (Fsp3) is 0.185. The van der Waals surface area contributed by atoms with Crippen LogP contribution in [0.3, 0.4) is 0 Å². The van der Waals surface area contributed by atoms with Crippen LogP contribution in [0, 0.1) is 17.5 Å². The summed E-state index contributed by atoms with van der Waals surface area (Å²) in [4.78, 5) is 0. The fourth-order valence-corrected chi connectivity index (χ4v) is 4.13. The van der Waals surface area contributed by atoms with E-state index in [1.807, 2.05) is 0 Å². The van der Waals surface area contributed by atoms with Crippen LogP contribution >= 0.6 is 0 Å². The molecule has 2 atom stereocenters. The molecule has 2 aromatic heterocycles. The van der Waals surface area contributed by atoms with Gasteiger partial charge < -0.3 is 14.4 Å². The monoisotopic (exact) mass is 521 g/mol. The van der Waals surface area contributed by atoms with Crippen molar-refractivity contribution in [3.05, 3.63) is 113 Å². The van der Waals surface area contributed by atoms with Gasteiger partial charge in [-0.1, -0.05) is 30.3 Å². The quantitative estimate of drug-likeness (QED) is 0.291. The molecule has 0 unspecified atom stereocenters. The Morgan fingerprint density at radius 1 is 0.974 bits per heavy atom. The highest BCUT2D eigenvalue weighted by Gasteiger charge is 2.42. The zero-order chi connectivity index (χ0) is 26.7. The number of nitrogens with zero attached hydrogens (tertiary/aromatic N) is 5. The van der Waals surface area contributed by atoms with Gasteiger partial charge in [0.1, 0.15) is 53.2 Å². The first-order valence-electron chi connectivity index (χ1n) is 11.6. The van der Waals surface area contributed by atoms with Crippen molar-refractivity contribution in [1.29, 1.82) is 0 Å². The lowest BCUT2D eigenvalue weighted by Gasteiger charge is -2.33. The lowest BCUT2D eigenvalue weighted by molar-refractivity contribution is -0.0185. The summed E-state index contributed by atoms with van der Waals surface area (Å²) in [5, 5.41) is 26.7. The van der Waals surface area contributed by atoms with Crippen LogP contribution in [0.2, 0.25) is 0 Å². The highest BCUT2D eigenvalue weighted by atomic mass is 19.1. The third kappa shape index (κ3) is 5.28. The van der Waals surface area contributed by atoms with Gasteiger partial charge in [-0.25, -0.2) is 17.9 Å². The van der Waals surface area contributed by atoms with E-state index in [1.165, 1.54) is 29.2 Å². The molecule has 8 nitrogen and oxygen atoms in total. The molecule has 0 aliphatic carbocycles. The fourth-order valence-electron chi connectivity index (χ4n) is 4.13. The largest absolute Gasteiger partial charge is 0.489 e. The number of rotatable bonds is 9. The van der Waals surface area contributed by atoms with Gasteiger partial charge in [0.2, 0.25) is 0 Å². The standard InChI is InChI=1S/C27H22F3N5O3/c1-17(27(36,15-35-16-31-33-34-35)23-11-8-21(29)12-24(23)30)26-13-25(32-38-26)19-4-9-22(10-5-19)37-14-18-2-6-20(28)7-3-18/h2-13,16-17,36H,14-15H2,1H3/t17-,27+/m0/s1. The summed E-state index contributed by atoms with van der Waals surface area (Å²) in [6, 6.07) is 17.8. The molecule has 11 heteroatoms. The van der Waals surface area contributed by atoms with E-state index in [9.17, 15) is 18.3 Å². The van der Waals surface area contributed by atoms with E-state index in [4.69, 9.17) is 9.26 Å². The van der Waals surface area contributed by atoms with Crippen molar-refractivity contribution in [1.82, 2.24) is 25.4 Å². The van der Waals surface area contributed by atoms with Gasteiger partial charge in [0.05, 0.1) is 12.5 Å². The van der Waals surface area contributed by atoms with Crippen LogP contribution < -0.4 is 4.74 Å². The SMILES string of the molecule is C[C@@H](c1cc(-c2ccc(OCc3ccc(F)cc3)cc2)no1)[C@](O)(Cn1cnnn1)c1ccc(F)cc1F. The molecule has 0 amide bonds. The molecule has 1 N–H and O–H groups in total. The summed E-state index contributed by atoms with van der Waals surface area (Å²) in [5.74, 6) is -1.94. The second-order valence-electron chi connectivity index (χ2n) is 8.83. The maximum atomic E-state index is 14.8. The minimum absolute atomic E-state index is 0.137. The van der Waals surface area contributed by atoms with Crippen LogP contribution in [0.25, 0.3) is 11.3 Å². The van der Waals surface area contributed by atoms with Gasteiger partial charge in [0, 0.05) is 23.3 Å². The molecule has 0 spiro atoms. The van der Waals surface area contributed by atoms with Crippen molar-refractivity contribution < 1.29 is 27.5 Å². The van der Waals surface area contributed by atoms with Crippen molar-refractivity contribution in [3.8, 4) is 17.0 Å². The van der Waals surface area contributed by atoms with E-state index >= 15 is 0 Å². The molecule has 194 valence electrons. The number of hydrogen-bond donors (Lipinski definition) is 1. The van der Waals surface area contributed by atoms with E-state index in [-0.39, 0.29) is 30.3 Å². The first-order valence-corrected chi connectivity index (χ1v) is 11.6. The molecule has 0 radical (unpaired) electrons. The second kappa shape index (κ2) is 10.5. The zero-order valence-electron chi connectivity index (χ0n) is 20.1. The Morgan fingerprint density at radius 3 is 2.39 bits per heavy atom. The Kier molecular flexibility index (Phi) is 6.93. The Morgan fingerprint density at radius 2 is 1.71 bits per heavy atom. The molecule has 0 saturated heterocycles. The van der Waals surface area contributed by atoms with Crippen LogP contribution in [0.4, 0.5) is 13.2 Å². The second-order valence-corrected chi connectivity index (χ2v) is 8.83. The summed E-state index contributed by atoms with van der Waals surface area (Å²) < 4.78 is 54.0. The van der Waals surface area contributed by atoms with Crippen LogP contribution in [-0.2, 0) is 18.8 Å². The predicted molar refractivity (Wildman–Crippen MR) is 129 cm³/mol. The smallest absolute Gasteiger partial charge is 0.143 e. The number of ether oxygens (including phenoxy) is 1. The molecule has 38 heavy (non-hydrogen) atoms. The summed E-state index contributed by atoms with van der Waals surface area (Å²) >= 11 is 0. The Hall–Kier alpha value is -4.51. The lowest BCUT2D eigenvalue weighted by Crippen LogP contribution is -2.38. The van der Waals surface area contributed by atoms with Gasteiger partial charge in [-0.15, -0.1) is 5.10 Å². The molecule has 0 saturated carbocycles. The van der Waals surface area contributed by atoms with E-state index in [1.54, 1.807) is 49.4 Å². The number of tetrazole rings is 1. The molecule has 5 rings (SSSR count). The van der Waals surface area contributed by atoms with Gasteiger partial charge >= 0.3 is 0 Å². The Bertz CT molecular complexity index is 1510. The van der Waals surface area contributed by atoms with Crippen molar-refractivity contribution in [3.63, 3.8) is 0 Å². The first-order chi connectivity index (χ1) is 18.3. The molecule has 0 fully saturated rings. The molecule has 2 heterocycles. The van der Waals surface area contributed by atoms with Crippen molar-refractivity contribution in [2.75, 3.05) is 0 Å². The highest BCUT2D eigenvalue weighted by molar-refractivity contribution is 5.60. The third-order valence-corrected chi connectivity index (χ3v) is 6.33. The zero-order valence-corrected chi connectivity index (χ0v) is 20.1. The summed E-state index contributed by atoms with van der Waals surface area (Å²) in [6.45, 7) is 1.70. The van der Waals surface area contributed by atoms with Crippen LogP contribution in [0.5, 0.6) is 5.75 Å². The molecule has 0 bridgehead atoms. The summed E-state index contributed by atoms with van der Waals surface area (Å²) in [5.41, 5.74) is 0.00150. The van der Waals surface area contributed by atoms with Crippen LogP contribution in [-0.4, -0.2) is 30.5 Å². The topological polar surface area (TPSA) is 99.1 Å². The third-order valence-electron chi connectivity index (χ3n) is 6.33. The van der Waals surface area contributed by atoms with Crippen molar-refractivity contribution in [2.45, 2.75) is 31.6 Å². The summed E-state index contributed by atoms with van der Waals surface area (Å²) in [7, 11) is 0. The number of aliphatic hydroxyl groups is 1. The minimum atomic E-state index is -1.90. The van der Waals surface area contributed by atoms with Gasteiger partial charge in [0.25, 0.3) is 0 Å². The normalized spacial score (nSPS) is 13.7. The molecule has 0 aliphatic heterocycles. The van der Waals surface area contributed by atoms with Gasteiger partial charge in [-0.05, 0) is 58.5 Å². The minimum Gasteiger partial charge on any atom is -0.489 e. The average Bonchev–Trinajstić information content (AvgIpc) is 3.61. The van der Waals surface area contributed by atoms with Crippen LogP contribution in [0.15, 0.2) is 83.6 Å². The van der Waals surface area contributed by atoms with E-state index in [0.29, 0.717) is 17.5 Å².